The van der Waals surface area contributed by atoms with Gasteiger partial charge in [0.05, 0.1) is 0 Å². The Morgan fingerprint density at radius 1 is 0.968 bits per heavy atom. The number of nitrogens with one attached hydrogen (secondary N) is 1. The topological polar surface area (TPSA) is 102 Å². The summed E-state index contributed by atoms with van der Waals surface area (Å²) in [6.07, 6.45) is -0.702. The van der Waals surface area contributed by atoms with Gasteiger partial charge >= 0.3 is 12.1 Å². The Labute approximate surface area is 178 Å². The first-order valence-electron chi connectivity index (χ1n) is 9.73. The molecule has 0 saturated carbocycles. The molecule has 4 aromatic rings. The molecule has 0 radical (unpaired) electrons. The summed E-state index contributed by atoms with van der Waals surface area (Å²) in [5, 5.41) is 11.8. The van der Waals surface area contributed by atoms with Gasteiger partial charge in [-0.3, -0.25) is 0 Å². The molecule has 2 N–H and O–H groups in total. The Kier molecular flexibility index (Phi) is 5.93. The molecule has 1 atom stereocenters. The standard InChI is InChI=1S/C24H20N2O5/c27-23(28)20(13-16-7-3-1-4-8-16)26-24(29)30-15-22-25-19-14-18(11-12-21(19)31-22)17-9-5-2-6-10-17/h1-12,14,20H,13,15H2,(H,26,29)(H,27,28). The number of fused-ring (bicyclic) bond motifs is 1. The lowest BCUT2D eigenvalue weighted by molar-refractivity contribution is -0.139. The van der Waals surface area contributed by atoms with Gasteiger partial charge in [-0.25, -0.2) is 14.6 Å². The van der Waals surface area contributed by atoms with E-state index >= 15 is 0 Å². The van der Waals surface area contributed by atoms with Crippen molar-refractivity contribution in [2.24, 2.45) is 0 Å². The molecule has 7 nitrogen and oxygen atoms in total. The fourth-order valence-electron chi connectivity index (χ4n) is 3.21. The zero-order valence-electron chi connectivity index (χ0n) is 16.5. The van der Waals surface area contributed by atoms with Gasteiger partial charge in [0.2, 0.25) is 5.89 Å². The van der Waals surface area contributed by atoms with Gasteiger partial charge in [-0.2, -0.15) is 0 Å². The lowest BCUT2D eigenvalue weighted by Crippen LogP contribution is -2.42. The van der Waals surface area contributed by atoms with Crippen molar-refractivity contribution in [3.63, 3.8) is 0 Å². The maximum absolute atomic E-state index is 12.1. The third-order valence-corrected chi connectivity index (χ3v) is 4.74. The number of benzene rings is 3. The molecule has 1 heterocycles. The summed E-state index contributed by atoms with van der Waals surface area (Å²) in [5.74, 6) is -0.915. The fourth-order valence-corrected chi connectivity index (χ4v) is 3.21. The van der Waals surface area contributed by atoms with Gasteiger partial charge in [0.25, 0.3) is 0 Å². The number of hydrogen-bond donors (Lipinski definition) is 2. The number of hydrogen-bond acceptors (Lipinski definition) is 5. The molecule has 4 rings (SSSR count). The smallest absolute Gasteiger partial charge is 0.408 e. The van der Waals surface area contributed by atoms with E-state index in [0.29, 0.717) is 11.1 Å². The van der Waals surface area contributed by atoms with E-state index in [2.05, 4.69) is 10.3 Å². The predicted octanol–water partition coefficient (Wildman–Crippen LogP) is 4.42. The highest BCUT2D eigenvalue weighted by Gasteiger charge is 2.21. The van der Waals surface area contributed by atoms with Crippen LogP contribution in [0.4, 0.5) is 4.79 Å². The van der Waals surface area contributed by atoms with Gasteiger partial charge in [0, 0.05) is 6.42 Å². The monoisotopic (exact) mass is 416 g/mol. The zero-order valence-corrected chi connectivity index (χ0v) is 16.5. The number of ether oxygens (including phenoxy) is 1. The van der Waals surface area contributed by atoms with E-state index < -0.39 is 18.1 Å². The van der Waals surface area contributed by atoms with E-state index in [1.54, 1.807) is 12.1 Å². The highest BCUT2D eigenvalue weighted by Crippen LogP contribution is 2.24. The molecule has 0 aliphatic carbocycles. The molecule has 0 saturated heterocycles. The molecule has 156 valence electrons. The SMILES string of the molecule is O=C(NC(Cc1ccccc1)C(=O)O)OCc1nc2cc(-c3ccccc3)ccc2o1. The van der Waals surface area contributed by atoms with Gasteiger partial charge in [-0.05, 0) is 28.8 Å². The lowest BCUT2D eigenvalue weighted by atomic mass is 10.1. The van der Waals surface area contributed by atoms with E-state index in [1.165, 1.54) is 0 Å². The van der Waals surface area contributed by atoms with E-state index in [4.69, 9.17) is 9.15 Å². The fraction of sp³-hybridized carbons (Fsp3) is 0.125. The number of aliphatic carboxylic acids is 1. The molecule has 1 unspecified atom stereocenters. The molecule has 0 spiro atoms. The van der Waals surface area contributed by atoms with E-state index in [0.717, 1.165) is 16.7 Å². The van der Waals surface area contributed by atoms with Crippen LogP contribution in [0.5, 0.6) is 0 Å². The highest BCUT2D eigenvalue weighted by molar-refractivity contribution is 5.81. The summed E-state index contributed by atoms with van der Waals surface area (Å²) in [5.41, 5.74) is 4.07. The minimum Gasteiger partial charge on any atom is -0.480 e. The molecule has 0 fully saturated rings. The molecule has 1 amide bonds. The van der Waals surface area contributed by atoms with Crippen LogP contribution in [0.3, 0.4) is 0 Å². The van der Waals surface area contributed by atoms with Crippen LogP contribution < -0.4 is 5.32 Å². The van der Waals surface area contributed by atoms with Crippen molar-refractivity contribution in [2.75, 3.05) is 0 Å². The van der Waals surface area contributed by atoms with Crippen molar-refractivity contribution in [1.82, 2.24) is 10.3 Å². The third-order valence-electron chi connectivity index (χ3n) is 4.74. The third kappa shape index (κ3) is 5.08. The predicted molar refractivity (Wildman–Crippen MR) is 114 cm³/mol. The van der Waals surface area contributed by atoms with Crippen LogP contribution in [-0.2, 0) is 22.6 Å². The van der Waals surface area contributed by atoms with Crippen molar-refractivity contribution >= 4 is 23.2 Å². The minimum atomic E-state index is -1.14. The second-order valence-corrected chi connectivity index (χ2v) is 6.96. The summed E-state index contributed by atoms with van der Waals surface area (Å²) in [6, 6.07) is 23.5. The second kappa shape index (κ2) is 9.13. The van der Waals surface area contributed by atoms with Gasteiger partial charge < -0.3 is 19.6 Å². The molecular formula is C24H20N2O5. The molecule has 1 aromatic heterocycles. The van der Waals surface area contributed by atoms with Crippen molar-refractivity contribution in [2.45, 2.75) is 19.1 Å². The summed E-state index contributed by atoms with van der Waals surface area (Å²) in [7, 11) is 0. The van der Waals surface area contributed by atoms with E-state index in [1.807, 2.05) is 66.7 Å². The highest BCUT2D eigenvalue weighted by atomic mass is 16.6. The van der Waals surface area contributed by atoms with Crippen LogP contribution >= 0.6 is 0 Å². The first-order chi connectivity index (χ1) is 15.1. The van der Waals surface area contributed by atoms with Crippen LogP contribution in [-0.4, -0.2) is 28.2 Å². The summed E-state index contributed by atoms with van der Waals surface area (Å²) >= 11 is 0. The number of nitrogens with zero attached hydrogens (tertiary/aromatic N) is 1. The maximum atomic E-state index is 12.1. The second-order valence-electron chi connectivity index (χ2n) is 6.96. The number of oxazole rings is 1. The molecule has 7 heteroatoms. The average molecular weight is 416 g/mol. The minimum absolute atomic E-state index is 0.149. The molecule has 0 aliphatic heterocycles. The number of aromatic nitrogens is 1. The van der Waals surface area contributed by atoms with Gasteiger partial charge in [0.1, 0.15) is 11.6 Å². The first kappa shape index (κ1) is 20.2. The lowest BCUT2D eigenvalue weighted by Gasteiger charge is -2.14. The number of carboxylic acids is 1. The van der Waals surface area contributed by atoms with Crippen molar-refractivity contribution < 1.29 is 23.8 Å². The first-order valence-corrected chi connectivity index (χ1v) is 9.73. The van der Waals surface area contributed by atoms with Crippen molar-refractivity contribution in [1.29, 1.82) is 0 Å². The molecule has 0 bridgehead atoms. The largest absolute Gasteiger partial charge is 0.480 e. The van der Waals surface area contributed by atoms with Crippen molar-refractivity contribution in [3.8, 4) is 11.1 Å². The number of carbonyl (C=O) groups is 2. The Morgan fingerprint density at radius 2 is 1.68 bits per heavy atom. The Balaban J connectivity index is 1.38. The van der Waals surface area contributed by atoms with Crippen LogP contribution in [0.1, 0.15) is 11.5 Å². The zero-order chi connectivity index (χ0) is 21.6. The number of amides is 1. The quantitative estimate of drug-likeness (QED) is 0.463. The summed E-state index contributed by atoms with van der Waals surface area (Å²) < 4.78 is 10.7. The number of carbonyl (C=O) groups excluding carboxylic acids is 1. The number of alkyl carbamates (subject to hydrolysis) is 1. The molecule has 3 aromatic carbocycles. The molecule has 0 aliphatic rings. The Hall–Kier alpha value is -4.13. The van der Waals surface area contributed by atoms with Crippen LogP contribution in [0.15, 0.2) is 83.3 Å². The van der Waals surface area contributed by atoms with Gasteiger partial charge in [0.15, 0.2) is 12.2 Å². The van der Waals surface area contributed by atoms with Gasteiger partial charge in [-0.1, -0.05) is 66.7 Å². The summed E-state index contributed by atoms with van der Waals surface area (Å²) in [6.45, 7) is -0.209. The van der Waals surface area contributed by atoms with Crippen molar-refractivity contribution in [3.05, 3.63) is 90.3 Å². The summed E-state index contributed by atoms with van der Waals surface area (Å²) in [4.78, 5) is 28.0. The molecular weight excluding hydrogens is 396 g/mol. The Morgan fingerprint density at radius 3 is 2.39 bits per heavy atom. The number of rotatable bonds is 7. The normalized spacial score (nSPS) is 11.7. The van der Waals surface area contributed by atoms with Crippen LogP contribution in [0, 0.1) is 0 Å². The average Bonchev–Trinajstić information content (AvgIpc) is 3.21. The van der Waals surface area contributed by atoms with E-state index in [-0.39, 0.29) is 18.9 Å². The van der Waals surface area contributed by atoms with Crippen LogP contribution in [0.25, 0.3) is 22.2 Å². The molecule has 31 heavy (non-hydrogen) atoms. The number of carboxylic acid groups (broad SMARTS) is 1. The van der Waals surface area contributed by atoms with Gasteiger partial charge in [-0.15, -0.1) is 0 Å². The maximum Gasteiger partial charge on any atom is 0.408 e. The van der Waals surface area contributed by atoms with Crippen LogP contribution in [0.2, 0.25) is 0 Å². The Bertz CT molecular complexity index is 1190. The van der Waals surface area contributed by atoms with E-state index in [9.17, 15) is 14.7 Å².